The average molecular weight is 776 g/mol. The number of rotatable bonds is 0. The van der Waals surface area contributed by atoms with Crippen molar-refractivity contribution in [3.8, 4) is 0 Å². The van der Waals surface area contributed by atoms with E-state index in [1.807, 2.05) is 0 Å². The van der Waals surface area contributed by atoms with Crippen LogP contribution >= 0.6 is 63.7 Å². The molecule has 0 saturated heterocycles. The zero-order valence-corrected chi connectivity index (χ0v) is 27.9. The first-order valence-corrected chi connectivity index (χ1v) is 16.5. The number of hydrogen-bond acceptors (Lipinski definition) is 0. The van der Waals surface area contributed by atoms with Gasteiger partial charge in [0.1, 0.15) is 0 Å². The third kappa shape index (κ3) is 4.91. The van der Waals surface area contributed by atoms with Crippen LogP contribution in [0.3, 0.4) is 0 Å². The highest BCUT2D eigenvalue weighted by Gasteiger charge is 2.21. The normalized spacial score (nSPS) is 13.1. The molecule has 2 aliphatic rings. The summed E-state index contributed by atoms with van der Waals surface area (Å²) in [6.45, 7) is 0. The first-order chi connectivity index (χ1) is 19.4. The highest BCUT2D eigenvalue weighted by molar-refractivity contribution is 9.11. The maximum atomic E-state index is 3.70. The first-order valence-electron chi connectivity index (χ1n) is 13.4. The second-order valence-corrected chi connectivity index (χ2v) is 14.0. The molecule has 2 aliphatic carbocycles. The molecule has 6 aromatic rings. The quantitative estimate of drug-likeness (QED) is 0.144. The minimum absolute atomic E-state index is 1.01. The Hall–Kier alpha value is -2.24. The summed E-state index contributed by atoms with van der Waals surface area (Å²) in [5.41, 5.74) is 11.5. The van der Waals surface area contributed by atoms with Crippen LogP contribution in [0.25, 0.3) is 21.5 Å². The number of fused-ring (bicyclic) bond motifs is 6. The second-order valence-electron chi connectivity index (χ2n) is 10.6. The van der Waals surface area contributed by atoms with Crippen LogP contribution in [0.1, 0.15) is 44.5 Å². The van der Waals surface area contributed by atoms with Gasteiger partial charge in [0.2, 0.25) is 0 Å². The van der Waals surface area contributed by atoms with E-state index in [2.05, 4.69) is 161 Å². The van der Waals surface area contributed by atoms with Crippen molar-refractivity contribution in [2.45, 2.75) is 25.7 Å². The summed E-state index contributed by atoms with van der Waals surface area (Å²) in [4.78, 5) is 0. The van der Waals surface area contributed by atoms with Crippen molar-refractivity contribution in [1.29, 1.82) is 0 Å². The lowest BCUT2D eigenvalue weighted by molar-refractivity contribution is 0.991. The Bertz CT molecular complexity index is 1670. The molecule has 0 N–H and O–H groups in total. The standard InChI is InChI=1S/2C18H12Br2/c2*19-17-5-6-18(20)16-10-14-8-12-4-2-1-3-11(12)7-13(14)9-15(16)17/h2*1-8H,9-10H2. The Morgan fingerprint density at radius 3 is 0.775 bits per heavy atom. The molecule has 0 amide bonds. The number of hydrogen-bond donors (Lipinski definition) is 0. The van der Waals surface area contributed by atoms with Gasteiger partial charge in [0.25, 0.3) is 0 Å². The van der Waals surface area contributed by atoms with Gasteiger partial charge >= 0.3 is 0 Å². The van der Waals surface area contributed by atoms with Crippen molar-refractivity contribution >= 4 is 85.3 Å². The fraction of sp³-hybridized carbons (Fsp3) is 0.111. The molecule has 0 radical (unpaired) electrons. The summed E-state index contributed by atoms with van der Waals surface area (Å²) >= 11 is 14.8. The fourth-order valence-corrected chi connectivity index (χ4v) is 8.17. The van der Waals surface area contributed by atoms with Crippen molar-refractivity contribution in [2.75, 3.05) is 0 Å². The summed E-state index contributed by atoms with van der Waals surface area (Å²) in [5.74, 6) is 0. The molecule has 40 heavy (non-hydrogen) atoms. The van der Waals surface area contributed by atoms with Crippen LogP contribution in [0.15, 0.2) is 115 Å². The SMILES string of the molecule is Brc1ccc(Br)c2c1Cc1cc3ccccc3cc1C2.Brc1ccc(Br)c2c1Cc1cc3ccccc3cc1C2. The van der Waals surface area contributed by atoms with E-state index in [0.29, 0.717) is 0 Å². The molecule has 6 aromatic carbocycles. The van der Waals surface area contributed by atoms with E-state index in [1.54, 1.807) is 0 Å². The van der Waals surface area contributed by atoms with E-state index in [-0.39, 0.29) is 0 Å². The minimum atomic E-state index is 1.01. The van der Waals surface area contributed by atoms with Crippen molar-refractivity contribution in [1.82, 2.24) is 0 Å². The maximum Gasteiger partial charge on any atom is 0.0214 e. The number of halogens is 4. The van der Waals surface area contributed by atoms with E-state index in [1.165, 1.54) is 83.9 Å². The van der Waals surface area contributed by atoms with Crippen molar-refractivity contribution in [3.05, 3.63) is 159 Å². The smallest absolute Gasteiger partial charge is 0.0214 e. The third-order valence-electron chi connectivity index (χ3n) is 8.24. The van der Waals surface area contributed by atoms with E-state index in [4.69, 9.17) is 0 Å². The van der Waals surface area contributed by atoms with E-state index >= 15 is 0 Å². The highest BCUT2D eigenvalue weighted by Crippen LogP contribution is 2.39. The molecule has 0 bridgehead atoms. The van der Waals surface area contributed by atoms with Gasteiger partial charge in [-0.1, -0.05) is 137 Å². The maximum absolute atomic E-state index is 3.70. The summed E-state index contributed by atoms with van der Waals surface area (Å²) in [7, 11) is 0. The van der Waals surface area contributed by atoms with Gasteiger partial charge in [-0.25, -0.2) is 0 Å². The Balaban J connectivity index is 0.000000132. The first kappa shape index (κ1) is 26.6. The van der Waals surface area contributed by atoms with Gasteiger partial charge < -0.3 is 0 Å². The molecule has 0 spiro atoms. The zero-order valence-electron chi connectivity index (χ0n) is 21.6. The Morgan fingerprint density at radius 2 is 0.550 bits per heavy atom. The van der Waals surface area contributed by atoms with Gasteiger partial charge in [0, 0.05) is 17.9 Å². The lowest BCUT2D eigenvalue weighted by Gasteiger charge is -2.22. The summed E-state index contributed by atoms with van der Waals surface area (Å²) in [5, 5.41) is 5.34. The van der Waals surface area contributed by atoms with Gasteiger partial charge in [0.15, 0.2) is 0 Å². The van der Waals surface area contributed by atoms with Crippen LogP contribution < -0.4 is 0 Å². The minimum Gasteiger partial charge on any atom is -0.0616 e. The molecular formula is C36H24Br4. The Morgan fingerprint density at radius 1 is 0.325 bits per heavy atom. The van der Waals surface area contributed by atoms with Crippen LogP contribution in [0.5, 0.6) is 0 Å². The van der Waals surface area contributed by atoms with Gasteiger partial charge in [-0.15, -0.1) is 0 Å². The summed E-state index contributed by atoms with van der Waals surface area (Å²) in [6.07, 6.45) is 4.04. The van der Waals surface area contributed by atoms with Crippen LogP contribution in [0.2, 0.25) is 0 Å². The molecule has 0 unspecified atom stereocenters. The molecule has 0 saturated carbocycles. The Kier molecular flexibility index (Phi) is 7.24. The van der Waals surface area contributed by atoms with Crippen molar-refractivity contribution < 1.29 is 0 Å². The van der Waals surface area contributed by atoms with E-state index in [9.17, 15) is 0 Å². The average Bonchev–Trinajstić information content (AvgIpc) is 2.98. The predicted octanol–water partition coefficient (Wildman–Crippen LogP) is 11.7. The molecule has 0 aliphatic heterocycles. The van der Waals surface area contributed by atoms with Crippen molar-refractivity contribution in [3.63, 3.8) is 0 Å². The molecule has 0 heterocycles. The van der Waals surface area contributed by atoms with Gasteiger partial charge in [0.05, 0.1) is 0 Å². The number of benzene rings is 6. The molecule has 0 atom stereocenters. The van der Waals surface area contributed by atoms with Gasteiger partial charge in [-0.05, 0) is 116 Å². The fourth-order valence-electron chi connectivity index (χ4n) is 6.13. The zero-order chi connectivity index (χ0) is 27.4. The van der Waals surface area contributed by atoms with Crippen molar-refractivity contribution in [2.24, 2.45) is 0 Å². The molecule has 8 rings (SSSR count). The van der Waals surface area contributed by atoms with Crippen LogP contribution in [0.4, 0.5) is 0 Å². The Labute approximate surface area is 268 Å². The summed E-state index contributed by atoms with van der Waals surface area (Å²) in [6, 6.07) is 35.1. The van der Waals surface area contributed by atoms with Crippen LogP contribution in [-0.4, -0.2) is 0 Å². The molecule has 196 valence electrons. The van der Waals surface area contributed by atoms with E-state index < -0.39 is 0 Å². The lowest BCUT2D eigenvalue weighted by atomic mass is 9.84. The highest BCUT2D eigenvalue weighted by atomic mass is 79.9. The van der Waals surface area contributed by atoms with E-state index in [0.717, 1.165) is 25.7 Å². The largest absolute Gasteiger partial charge is 0.0616 e. The lowest BCUT2D eigenvalue weighted by Crippen LogP contribution is -2.09. The van der Waals surface area contributed by atoms with Crippen LogP contribution in [-0.2, 0) is 25.7 Å². The topological polar surface area (TPSA) is 0 Å². The third-order valence-corrected chi connectivity index (χ3v) is 11.2. The molecule has 4 heteroatoms. The monoisotopic (exact) mass is 772 g/mol. The second kappa shape index (κ2) is 10.9. The van der Waals surface area contributed by atoms with Gasteiger partial charge in [-0.2, -0.15) is 0 Å². The molecule has 0 fully saturated rings. The predicted molar refractivity (Wildman–Crippen MR) is 183 cm³/mol. The molecule has 0 nitrogen and oxygen atoms in total. The molecule has 0 aromatic heterocycles. The van der Waals surface area contributed by atoms with Crippen LogP contribution in [0, 0.1) is 0 Å². The summed E-state index contributed by atoms with van der Waals surface area (Å²) < 4.78 is 4.87. The van der Waals surface area contributed by atoms with Gasteiger partial charge in [-0.3, -0.25) is 0 Å². The molecular weight excluding hydrogens is 752 g/mol.